The summed E-state index contributed by atoms with van der Waals surface area (Å²) in [4.78, 5) is 24.1. The third-order valence-corrected chi connectivity index (χ3v) is 6.32. The van der Waals surface area contributed by atoms with Gasteiger partial charge in [-0.3, -0.25) is 14.8 Å². The van der Waals surface area contributed by atoms with Crippen LogP contribution in [0.3, 0.4) is 0 Å². The van der Waals surface area contributed by atoms with E-state index >= 15 is 0 Å². The lowest BCUT2D eigenvalue weighted by Gasteiger charge is -2.33. The van der Waals surface area contributed by atoms with Crippen LogP contribution < -0.4 is 0 Å². The van der Waals surface area contributed by atoms with Crippen molar-refractivity contribution in [1.29, 1.82) is 0 Å². The Morgan fingerprint density at radius 3 is 2.55 bits per heavy atom. The Morgan fingerprint density at radius 1 is 1.03 bits per heavy atom. The number of aryl methyl sites for hydroxylation is 2. The van der Waals surface area contributed by atoms with E-state index in [0.29, 0.717) is 25.4 Å². The molecule has 1 amide bonds. The van der Waals surface area contributed by atoms with Crippen LogP contribution in [0.5, 0.6) is 0 Å². The van der Waals surface area contributed by atoms with E-state index in [-0.39, 0.29) is 5.91 Å². The maximum absolute atomic E-state index is 12.8. The zero-order chi connectivity index (χ0) is 20.0. The monoisotopic (exact) mass is 389 g/mol. The Balaban J connectivity index is 1.43. The molecule has 2 aromatic rings. The molecule has 0 atom stereocenters. The average Bonchev–Trinajstić information content (AvgIpc) is 3.10. The Kier molecular flexibility index (Phi) is 4.70. The molecule has 0 saturated carbocycles. The van der Waals surface area contributed by atoms with E-state index in [1.807, 2.05) is 13.8 Å². The Hall–Kier alpha value is -2.53. The number of hydrogen-bond acceptors (Lipinski definition) is 4. The van der Waals surface area contributed by atoms with E-state index in [2.05, 4.69) is 34.1 Å². The van der Waals surface area contributed by atoms with E-state index < -0.39 is 0 Å². The summed E-state index contributed by atoms with van der Waals surface area (Å²) in [5.41, 5.74) is 9.13. The number of ether oxygens (including phenoxy) is 1. The normalized spacial score (nSPS) is 19.2. The van der Waals surface area contributed by atoms with Crippen LogP contribution in [0, 0.1) is 19.8 Å². The van der Waals surface area contributed by atoms with Gasteiger partial charge < -0.3 is 9.64 Å². The minimum absolute atomic E-state index is 0.253. The van der Waals surface area contributed by atoms with Crippen LogP contribution in [0.25, 0.3) is 0 Å². The first kappa shape index (κ1) is 18.5. The van der Waals surface area contributed by atoms with Crippen molar-refractivity contribution in [2.24, 2.45) is 10.9 Å². The lowest BCUT2D eigenvalue weighted by atomic mass is 9.90. The summed E-state index contributed by atoms with van der Waals surface area (Å²) >= 11 is 0. The molecule has 0 radical (unpaired) electrons. The molecule has 4 heterocycles. The summed E-state index contributed by atoms with van der Waals surface area (Å²) in [6.45, 7) is 7.95. The van der Waals surface area contributed by atoms with Gasteiger partial charge in [-0.15, -0.1) is 0 Å². The van der Waals surface area contributed by atoms with Crippen LogP contribution in [0.15, 0.2) is 29.3 Å². The second-order valence-corrected chi connectivity index (χ2v) is 8.59. The van der Waals surface area contributed by atoms with Gasteiger partial charge in [-0.05, 0) is 67.5 Å². The summed E-state index contributed by atoms with van der Waals surface area (Å²) in [7, 11) is 0. The largest absolute Gasteiger partial charge is 0.381 e. The predicted molar refractivity (Wildman–Crippen MR) is 112 cm³/mol. The van der Waals surface area contributed by atoms with Crippen LogP contribution in [0.1, 0.15) is 52.0 Å². The van der Waals surface area contributed by atoms with Crippen molar-refractivity contribution in [3.8, 4) is 0 Å². The van der Waals surface area contributed by atoms with Gasteiger partial charge in [0, 0.05) is 48.8 Å². The maximum atomic E-state index is 12.8. The molecule has 0 aliphatic carbocycles. The van der Waals surface area contributed by atoms with Crippen LogP contribution in [0.4, 0.5) is 0 Å². The molecule has 150 valence electrons. The van der Waals surface area contributed by atoms with Gasteiger partial charge in [-0.25, -0.2) is 0 Å². The fourth-order valence-electron chi connectivity index (χ4n) is 4.85. The van der Waals surface area contributed by atoms with Crippen molar-refractivity contribution in [3.05, 3.63) is 63.5 Å². The van der Waals surface area contributed by atoms with Crippen molar-refractivity contribution < 1.29 is 9.53 Å². The zero-order valence-corrected chi connectivity index (χ0v) is 17.2. The molecule has 0 spiro atoms. The van der Waals surface area contributed by atoms with Crippen molar-refractivity contribution in [2.45, 2.75) is 46.2 Å². The topological polar surface area (TPSA) is 54.8 Å². The number of benzene rings is 1. The minimum atomic E-state index is 0.253. The number of amides is 1. The first-order chi connectivity index (χ1) is 14.1. The Morgan fingerprint density at radius 2 is 1.79 bits per heavy atom. The highest BCUT2D eigenvalue weighted by atomic mass is 16.5. The minimum Gasteiger partial charge on any atom is -0.381 e. The van der Waals surface area contributed by atoms with Crippen LogP contribution in [-0.4, -0.2) is 41.3 Å². The van der Waals surface area contributed by atoms with Gasteiger partial charge in [0.25, 0.3) is 0 Å². The SMILES string of the molecule is Cc1cc(C2=NCc3cc4c(cc32)CN(CC2CCOCC2)C(=O)C4)cc(C)n1. The van der Waals surface area contributed by atoms with Gasteiger partial charge in [0.1, 0.15) is 0 Å². The predicted octanol–water partition coefficient (Wildman–Crippen LogP) is 3.36. The molecule has 0 N–H and O–H groups in total. The summed E-state index contributed by atoms with van der Waals surface area (Å²) in [5, 5.41) is 0. The van der Waals surface area contributed by atoms with Gasteiger partial charge in [0.05, 0.1) is 18.7 Å². The van der Waals surface area contributed by atoms with E-state index in [1.165, 1.54) is 22.3 Å². The molecule has 5 nitrogen and oxygen atoms in total. The third-order valence-electron chi connectivity index (χ3n) is 6.32. The van der Waals surface area contributed by atoms with Gasteiger partial charge in [-0.1, -0.05) is 6.07 Å². The number of carbonyl (C=O) groups is 1. The van der Waals surface area contributed by atoms with Crippen LogP contribution >= 0.6 is 0 Å². The number of nitrogens with zero attached hydrogens (tertiary/aromatic N) is 3. The van der Waals surface area contributed by atoms with Crippen LogP contribution in [-0.2, 0) is 29.0 Å². The number of hydrogen-bond donors (Lipinski definition) is 0. The number of rotatable bonds is 3. The molecule has 0 bridgehead atoms. The first-order valence-electron chi connectivity index (χ1n) is 10.6. The number of fused-ring (bicyclic) bond motifs is 2. The van der Waals surface area contributed by atoms with Crippen LogP contribution in [0.2, 0.25) is 0 Å². The summed E-state index contributed by atoms with van der Waals surface area (Å²) in [6.07, 6.45) is 2.62. The van der Waals surface area contributed by atoms with E-state index in [9.17, 15) is 4.79 Å². The fourth-order valence-corrected chi connectivity index (χ4v) is 4.85. The third kappa shape index (κ3) is 3.60. The summed E-state index contributed by atoms with van der Waals surface area (Å²) in [6, 6.07) is 8.72. The highest BCUT2D eigenvalue weighted by molar-refractivity contribution is 6.15. The van der Waals surface area contributed by atoms with Crippen molar-refractivity contribution >= 4 is 11.6 Å². The standard InChI is InChI=1S/C24H27N3O2/c1-15-7-19(8-16(2)26-15)24-22-10-21-14-27(13-17-3-5-29-6-4-17)23(28)11-18(21)9-20(22)12-25-24/h7-10,17H,3-6,11-14H2,1-2H3. The molecule has 5 heteroatoms. The van der Waals surface area contributed by atoms with Crippen molar-refractivity contribution in [3.63, 3.8) is 0 Å². The fraction of sp³-hybridized carbons (Fsp3) is 0.458. The number of pyridine rings is 1. The summed E-state index contributed by atoms with van der Waals surface area (Å²) < 4.78 is 5.47. The second kappa shape index (κ2) is 7.38. The lowest BCUT2D eigenvalue weighted by molar-refractivity contribution is -0.133. The number of carbonyl (C=O) groups excluding carboxylic acids is 1. The number of aliphatic imine (C=N–C) groups is 1. The molecule has 29 heavy (non-hydrogen) atoms. The lowest BCUT2D eigenvalue weighted by Crippen LogP contribution is -2.40. The highest BCUT2D eigenvalue weighted by Crippen LogP contribution is 2.31. The molecule has 3 aliphatic rings. The molecular formula is C24H27N3O2. The summed E-state index contributed by atoms with van der Waals surface area (Å²) in [5.74, 6) is 0.812. The maximum Gasteiger partial charge on any atom is 0.227 e. The molecule has 5 rings (SSSR count). The van der Waals surface area contributed by atoms with Crippen molar-refractivity contribution in [2.75, 3.05) is 19.8 Å². The Bertz CT molecular complexity index is 985. The van der Waals surface area contributed by atoms with E-state index in [4.69, 9.17) is 9.73 Å². The molecule has 1 fully saturated rings. The first-order valence-corrected chi connectivity index (χ1v) is 10.6. The molecule has 3 aliphatic heterocycles. The molecular weight excluding hydrogens is 362 g/mol. The smallest absolute Gasteiger partial charge is 0.227 e. The van der Waals surface area contributed by atoms with Gasteiger partial charge in [0.2, 0.25) is 5.91 Å². The molecule has 0 unspecified atom stereocenters. The molecule has 1 aromatic carbocycles. The molecule has 1 aromatic heterocycles. The van der Waals surface area contributed by atoms with Gasteiger partial charge in [0.15, 0.2) is 0 Å². The van der Waals surface area contributed by atoms with Gasteiger partial charge >= 0.3 is 0 Å². The number of aromatic nitrogens is 1. The Labute approximate surface area is 171 Å². The van der Waals surface area contributed by atoms with Gasteiger partial charge in [-0.2, -0.15) is 0 Å². The zero-order valence-electron chi connectivity index (χ0n) is 17.2. The average molecular weight is 389 g/mol. The van der Waals surface area contributed by atoms with E-state index in [0.717, 1.165) is 55.3 Å². The quantitative estimate of drug-likeness (QED) is 0.809. The second-order valence-electron chi connectivity index (χ2n) is 8.59. The van der Waals surface area contributed by atoms with E-state index in [1.54, 1.807) is 0 Å². The van der Waals surface area contributed by atoms with Crippen molar-refractivity contribution in [1.82, 2.24) is 9.88 Å². The molecule has 1 saturated heterocycles. The highest BCUT2D eigenvalue weighted by Gasteiger charge is 2.29.